The zero-order valence-corrected chi connectivity index (χ0v) is 19.4. The summed E-state index contributed by atoms with van der Waals surface area (Å²) in [5.41, 5.74) is 1.63. The molecule has 1 atom stereocenters. The maximum Gasteiger partial charge on any atom is 0.275 e. The molecule has 1 aromatic heterocycles. The summed E-state index contributed by atoms with van der Waals surface area (Å²) < 4.78 is 10.3. The summed E-state index contributed by atoms with van der Waals surface area (Å²) in [5.74, 6) is 0.924. The van der Waals surface area contributed by atoms with Crippen LogP contribution in [0.4, 0.5) is 17.2 Å². The number of rotatable bonds is 6. The Bertz CT molecular complexity index is 1300. The lowest BCUT2D eigenvalue weighted by molar-refractivity contribution is -0.385. The van der Waals surface area contributed by atoms with Gasteiger partial charge in [0.25, 0.3) is 11.6 Å². The summed E-state index contributed by atoms with van der Waals surface area (Å²) in [6.45, 7) is 3.44. The molecule has 0 fully saturated rings. The molecule has 0 bridgehead atoms. The second kappa shape index (κ2) is 9.32. The molecule has 0 radical (unpaired) electrons. The normalized spacial score (nSPS) is 15.7. The number of hydrogen-bond acceptors (Lipinski definition) is 7. The number of carbonyl (C=O) groups is 1. The molecule has 4 rings (SSSR count). The summed E-state index contributed by atoms with van der Waals surface area (Å²) in [6, 6.07) is 14.1. The molecule has 2 heterocycles. The number of aromatic nitrogens is 1. The number of hydrogen-bond donors (Lipinski definition) is 2. The van der Waals surface area contributed by atoms with Gasteiger partial charge < -0.3 is 19.9 Å². The third-order valence-corrected chi connectivity index (χ3v) is 5.67. The van der Waals surface area contributed by atoms with Crippen LogP contribution in [-0.4, -0.2) is 28.2 Å². The van der Waals surface area contributed by atoms with Gasteiger partial charge >= 0.3 is 0 Å². The molecule has 2 N–H and O–H groups in total. The third-order valence-electron chi connectivity index (χ3n) is 5.37. The van der Waals surface area contributed by atoms with Crippen LogP contribution in [0.15, 0.2) is 70.4 Å². The Labute approximate surface area is 200 Å². The van der Waals surface area contributed by atoms with Gasteiger partial charge in [-0.2, -0.15) is 0 Å². The lowest BCUT2D eigenvalue weighted by atomic mass is 9.93. The Hall–Kier alpha value is -4.25. The number of nitro benzene ring substituents is 1. The largest absolute Gasteiger partial charge is 0.497 e. The van der Waals surface area contributed by atoms with Crippen molar-refractivity contribution in [2.24, 2.45) is 0 Å². The van der Waals surface area contributed by atoms with E-state index in [0.29, 0.717) is 33.6 Å². The molecule has 34 heavy (non-hydrogen) atoms. The molecule has 0 saturated carbocycles. The number of anilines is 2. The Kier molecular flexibility index (Phi) is 6.28. The van der Waals surface area contributed by atoms with Gasteiger partial charge in [-0.05, 0) is 56.4 Å². The van der Waals surface area contributed by atoms with E-state index in [1.54, 1.807) is 74.4 Å². The summed E-state index contributed by atoms with van der Waals surface area (Å²) in [5, 5.41) is 21.7. The number of amides is 1. The lowest BCUT2D eigenvalue weighted by Crippen LogP contribution is -2.48. The standard InChI is InChI=1S/C23H21N5O5S/c1-13-12-19(26-33-13)24-22(29)20-14(2)27(15-8-10-16(32-3)11-9-15)23(34)25-21(20)17-6-4-5-7-18(17)28(30)31/h4-12,21H,1-3H3,(H,25,34)(H,24,26,29). The molecule has 0 aliphatic carbocycles. The second-order valence-electron chi connectivity index (χ2n) is 7.51. The fourth-order valence-electron chi connectivity index (χ4n) is 3.82. The molecule has 174 valence electrons. The first-order valence-corrected chi connectivity index (χ1v) is 10.6. The minimum absolute atomic E-state index is 0.129. The number of thiocarbonyl (C=S) groups is 1. The molecule has 10 nitrogen and oxygen atoms in total. The van der Waals surface area contributed by atoms with Gasteiger partial charge in [0.1, 0.15) is 11.5 Å². The summed E-state index contributed by atoms with van der Waals surface area (Å²) >= 11 is 5.63. The molecule has 1 aliphatic heterocycles. The van der Waals surface area contributed by atoms with Crippen LogP contribution in [0.1, 0.15) is 24.3 Å². The van der Waals surface area contributed by atoms with E-state index < -0.39 is 16.9 Å². The summed E-state index contributed by atoms with van der Waals surface area (Å²) in [7, 11) is 1.57. The van der Waals surface area contributed by atoms with Crippen molar-refractivity contribution in [3.05, 3.63) is 87.3 Å². The van der Waals surface area contributed by atoms with Crippen molar-refractivity contribution in [1.29, 1.82) is 0 Å². The number of nitrogens with zero attached hydrogens (tertiary/aromatic N) is 3. The van der Waals surface area contributed by atoms with E-state index in [1.165, 1.54) is 6.07 Å². The zero-order chi connectivity index (χ0) is 24.4. The average Bonchev–Trinajstić information content (AvgIpc) is 3.23. The maximum atomic E-state index is 13.5. The second-order valence-corrected chi connectivity index (χ2v) is 7.89. The van der Waals surface area contributed by atoms with Crippen molar-refractivity contribution >= 4 is 40.4 Å². The highest BCUT2D eigenvalue weighted by Gasteiger charge is 2.37. The minimum Gasteiger partial charge on any atom is -0.497 e. The predicted octanol–water partition coefficient (Wildman–Crippen LogP) is 4.25. The number of carbonyl (C=O) groups excluding carboxylic acids is 1. The summed E-state index contributed by atoms with van der Waals surface area (Å²) in [4.78, 5) is 26.4. The van der Waals surface area contributed by atoms with Crippen LogP contribution in [0, 0.1) is 17.0 Å². The van der Waals surface area contributed by atoms with Crippen LogP contribution in [0.3, 0.4) is 0 Å². The predicted molar refractivity (Wildman–Crippen MR) is 130 cm³/mol. The summed E-state index contributed by atoms with van der Waals surface area (Å²) in [6.07, 6.45) is 0. The molecule has 3 aromatic rings. The van der Waals surface area contributed by atoms with E-state index in [9.17, 15) is 14.9 Å². The highest BCUT2D eigenvalue weighted by atomic mass is 32.1. The maximum absolute atomic E-state index is 13.5. The fourth-order valence-corrected chi connectivity index (χ4v) is 4.18. The van der Waals surface area contributed by atoms with Crippen LogP contribution in [0.5, 0.6) is 5.75 Å². The third kappa shape index (κ3) is 4.33. The van der Waals surface area contributed by atoms with Gasteiger partial charge in [-0.1, -0.05) is 17.3 Å². The lowest BCUT2D eigenvalue weighted by Gasteiger charge is -2.37. The van der Waals surface area contributed by atoms with Gasteiger partial charge in [-0.25, -0.2) is 0 Å². The van der Waals surface area contributed by atoms with E-state index >= 15 is 0 Å². The Morgan fingerprint density at radius 1 is 1.24 bits per heavy atom. The van der Waals surface area contributed by atoms with Crippen LogP contribution in [-0.2, 0) is 4.79 Å². The number of nitrogens with one attached hydrogen (secondary N) is 2. The highest BCUT2D eigenvalue weighted by molar-refractivity contribution is 7.80. The van der Waals surface area contributed by atoms with Gasteiger partial charge in [0.05, 0.1) is 29.2 Å². The van der Waals surface area contributed by atoms with Crippen molar-refractivity contribution in [3.8, 4) is 5.75 Å². The number of ether oxygens (including phenoxy) is 1. The van der Waals surface area contributed by atoms with Crippen LogP contribution < -0.4 is 20.3 Å². The van der Waals surface area contributed by atoms with Crippen molar-refractivity contribution in [2.75, 3.05) is 17.3 Å². The van der Waals surface area contributed by atoms with Crippen LogP contribution >= 0.6 is 12.2 Å². The van der Waals surface area contributed by atoms with E-state index in [4.69, 9.17) is 21.5 Å². The van der Waals surface area contributed by atoms with E-state index in [2.05, 4.69) is 15.8 Å². The Morgan fingerprint density at radius 2 is 1.94 bits per heavy atom. The molecule has 0 spiro atoms. The van der Waals surface area contributed by atoms with Crippen molar-refractivity contribution in [3.63, 3.8) is 0 Å². The number of aryl methyl sites for hydroxylation is 1. The SMILES string of the molecule is COc1ccc(N2C(=S)NC(c3ccccc3[N+](=O)[O-])C(C(=O)Nc3cc(C)on3)=C2C)cc1. The number of para-hydroxylation sites is 1. The van der Waals surface area contributed by atoms with Gasteiger partial charge in [-0.15, -0.1) is 0 Å². The van der Waals surface area contributed by atoms with Gasteiger partial charge in [0.15, 0.2) is 10.9 Å². The quantitative estimate of drug-likeness (QED) is 0.303. The Balaban J connectivity index is 1.84. The average molecular weight is 480 g/mol. The molecular formula is C23H21N5O5S. The van der Waals surface area contributed by atoms with Crippen molar-refractivity contribution < 1.29 is 19.0 Å². The first-order chi connectivity index (χ1) is 16.3. The number of methoxy groups -OCH3 is 1. The smallest absolute Gasteiger partial charge is 0.275 e. The minimum atomic E-state index is -0.864. The molecule has 11 heteroatoms. The molecule has 0 saturated heterocycles. The zero-order valence-electron chi connectivity index (χ0n) is 18.6. The highest BCUT2D eigenvalue weighted by Crippen LogP contribution is 2.37. The number of nitro groups is 1. The molecule has 1 unspecified atom stereocenters. The van der Waals surface area contributed by atoms with E-state index in [0.717, 1.165) is 0 Å². The number of allylic oxidation sites excluding steroid dienone is 1. The van der Waals surface area contributed by atoms with Gasteiger partial charge in [-0.3, -0.25) is 19.8 Å². The topological polar surface area (TPSA) is 123 Å². The van der Waals surface area contributed by atoms with E-state index in [1.807, 2.05) is 0 Å². The molecule has 2 aromatic carbocycles. The fraction of sp³-hybridized carbons (Fsp3) is 0.174. The van der Waals surface area contributed by atoms with Gasteiger partial charge in [0, 0.05) is 23.5 Å². The van der Waals surface area contributed by atoms with E-state index in [-0.39, 0.29) is 17.1 Å². The Morgan fingerprint density at radius 3 is 2.56 bits per heavy atom. The molecule has 1 aliphatic rings. The van der Waals surface area contributed by atoms with Crippen LogP contribution in [0.25, 0.3) is 0 Å². The van der Waals surface area contributed by atoms with Gasteiger partial charge in [0.2, 0.25) is 0 Å². The molecule has 1 amide bonds. The first kappa shape index (κ1) is 22.9. The van der Waals surface area contributed by atoms with Crippen LogP contribution in [0.2, 0.25) is 0 Å². The number of benzene rings is 2. The first-order valence-electron chi connectivity index (χ1n) is 10.2. The van der Waals surface area contributed by atoms with Crippen molar-refractivity contribution in [1.82, 2.24) is 10.5 Å². The molecular weight excluding hydrogens is 458 g/mol. The van der Waals surface area contributed by atoms with Crippen molar-refractivity contribution in [2.45, 2.75) is 19.9 Å². The monoisotopic (exact) mass is 479 g/mol.